The van der Waals surface area contributed by atoms with E-state index >= 15 is 0 Å². The molecule has 0 radical (unpaired) electrons. The van der Waals surface area contributed by atoms with E-state index in [1.807, 2.05) is 13.0 Å². The SMILES string of the molecule is Cc1cnc(N)c(C(NN)c2cc(Cl)cc(Cl)c2)c1. The van der Waals surface area contributed by atoms with Gasteiger partial charge in [-0.3, -0.25) is 5.84 Å². The van der Waals surface area contributed by atoms with Gasteiger partial charge in [-0.05, 0) is 42.3 Å². The van der Waals surface area contributed by atoms with E-state index in [-0.39, 0.29) is 6.04 Å². The van der Waals surface area contributed by atoms with Crippen LogP contribution < -0.4 is 17.0 Å². The first-order valence-electron chi connectivity index (χ1n) is 5.65. The molecule has 0 saturated carbocycles. The topological polar surface area (TPSA) is 77.0 Å². The first-order chi connectivity index (χ1) is 9.01. The Morgan fingerprint density at radius 3 is 2.37 bits per heavy atom. The molecule has 1 heterocycles. The third-order valence-electron chi connectivity index (χ3n) is 2.78. The Balaban J connectivity index is 2.52. The maximum absolute atomic E-state index is 6.01. The average Bonchev–Trinajstić information content (AvgIpc) is 2.33. The zero-order chi connectivity index (χ0) is 14.0. The number of hydrogen-bond donors (Lipinski definition) is 3. The number of nitrogens with one attached hydrogen (secondary N) is 1. The molecule has 0 aliphatic rings. The van der Waals surface area contributed by atoms with E-state index in [9.17, 15) is 0 Å². The van der Waals surface area contributed by atoms with Crippen LogP contribution in [0.5, 0.6) is 0 Å². The highest BCUT2D eigenvalue weighted by Crippen LogP contribution is 2.29. The zero-order valence-corrected chi connectivity index (χ0v) is 11.8. The summed E-state index contributed by atoms with van der Waals surface area (Å²) in [6.07, 6.45) is 1.71. The van der Waals surface area contributed by atoms with E-state index in [1.54, 1.807) is 24.4 Å². The van der Waals surface area contributed by atoms with Crippen LogP contribution in [-0.4, -0.2) is 4.98 Å². The number of aryl methyl sites for hydroxylation is 1. The fourth-order valence-corrected chi connectivity index (χ4v) is 2.48. The number of benzene rings is 1. The second-order valence-electron chi connectivity index (χ2n) is 4.29. The molecule has 0 saturated heterocycles. The predicted molar refractivity (Wildman–Crippen MR) is 79.0 cm³/mol. The van der Waals surface area contributed by atoms with E-state index in [4.69, 9.17) is 34.8 Å². The van der Waals surface area contributed by atoms with Gasteiger partial charge in [0.15, 0.2) is 0 Å². The van der Waals surface area contributed by atoms with Crippen molar-refractivity contribution in [1.82, 2.24) is 10.4 Å². The normalized spacial score (nSPS) is 12.4. The number of pyridine rings is 1. The molecule has 1 unspecified atom stereocenters. The molecule has 0 amide bonds. The molecule has 0 bridgehead atoms. The molecule has 0 aliphatic heterocycles. The molecule has 0 fully saturated rings. The molecule has 19 heavy (non-hydrogen) atoms. The van der Waals surface area contributed by atoms with Crippen molar-refractivity contribution >= 4 is 29.0 Å². The van der Waals surface area contributed by atoms with Gasteiger partial charge in [-0.25, -0.2) is 10.4 Å². The summed E-state index contributed by atoms with van der Waals surface area (Å²) in [7, 11) is 0. The summed E-state index contributed by atoms with van der Waals surface area (Å²) in [6.45, 7) is 1.94. The monoisotopic (exact) mass is 296 g/mol. The van der Waals surface area contributed by atoms with Crippen LogP contribution in [0.25, 0.3) is 0 Å². The van der Waals surface area contributed by atoms with Crippen LogP contribution >= 0.6 is 23.2 Å². The summed E-state index contributed by atoms with van der Waals surface area (Å²) in [5.74, 6) is 6.06. The van der Waals surface area contributed by atoms with Crippen molar-refractivity contribution in [3.8, 4) is 0 Å². The summed E-state index contributed by atoms with van der Waals surface area (Å²) in [6, 6.07) is 6.86. The molecule has 6 heteroatoms. The fraction of sp³-hybridized carbons (Fsp3) is 0.154. The van der Waals surface area contributed by atoms with Crippen LogP contribution in [0.1, 0.15) is 22.7 Å². The molecule has 4 nitrogen and oxygen atoms in total. The van der Waals surface area contributed by atoms with Gasteiger partial charge in [0, 0.05) is 21.8 Å². The lowest BCUT2D eigenvalue weighted by Crippen LogP contribution is -2.29. The summed E-state index contributed by atoms with van der Waals surface area (Å²) in [5, 5.41) is 1.09. The largest absolute Gasteiger partial charge is 0.383 e. The van der Waals surface area contributed by atoms with Crippen molar-refractivity contribution in [2.24, 2.45) is 5.84 Å². The maximum Gasteiger partial charge on any atom is 0.128 e. The number of hydrogen-bond acceptors (Lipinski definition) is 4. The fourth-order valence-electron chi connectivity index (χ4n) is 1.94. The Morgan fingerprint density at radius 1 is 1.16 bits per heavy atom. The van der Waals surface area contributed by atoms with E-state index in [0.29, 0.717) is 15.9 Å². The molecule has 0 aliphatic carbocycles. The molecule has 1 aromatic heterocycles. The van der Waals surface area contributed by atoms with Crippen molar-refractivity contribution in [3.63, 3.8) is 0 Å². The number of rotatable bonds is 3. The minimum absolute atomic E-state index is 0.316. The van der Waals surface area contributed by atoms with Crippen LogP contribution in [-0.2, 0) is 0 Å². The number of nitrogens with zero attached hydrogens (tertiary/aromatic N) is 1. The van der Waals surface area contributed by atoms with E-state index in [0.717, 1.165) is 16.7 Å². The predicted octanol–water partition coefficient (Wildman–Crippen LogP) is 2.83. The Bertz CT molecular complexity index is 581. The van der Waals surface area contributed by atoms with E-state index in [2.05, 4.69) is 10.4 Å². The lowest BCUT2D eigenvalue weighted by atomic mass is 9.99. The summed E-state index contributed by atoms with van der Waals surface area (Å²) in [4.78, 5) is 4.13. The van der Waals surface area contributed by atoms with Crippen molar-refractivity contribution in [2.45, 2.75) is 13.0 Å². The number of aromatic nitrogens is 1. The zero-order valence-electron chi connectivity index (χ0n) is 10.3. The molecule has 100 valence electrons. The van der Waals surface area contributed by atoms with Crippen molar-refractivity contribution < 1.29 is 0 Å². The smallest absolute Gasteiger partial charge is 0.128 e. The van der Waals surface area contributed by atoms with Crippen LogP contribution in [0.2, 0.25) is 10.0 Å². The summed E-state index contributed by atoms with van der Waals surface area (Å²) < 4.78 is 0. The number of nitrogen functional groups attached to an aromatic ring is 1. The Kier molecular flexibility index (Phi) is 4.27. The molecular formula is C13H14Cl2N4. The van der Waals surface area contributed by atoms with Crippen molar-refractivity contribution in [2.75, 3.05) is 5.73 Å². The van der Waals surface area contributed by atoms with E-state index in [1.165, 1.54) is 0 Å². The first-order valence-corrected chi connectivity index (χ1v) is 6.41. The highest BCUT2D eigenvalue weighted by molar-refractivity contribution is 6.34. The highest BCUT2D eigenvalue weighted by Gasteiger charge is 2.17. The maximum atomic E-state index is 6.01. The van der Waals surface area contributed by atoms with Gasteiger partial charge in [-0.15, -0.1) is 0 Å². The van der Waals surface area contributed by atoms with Gasteiger partial charge in [0.2, 0.25) is 0 Å². The van der Waals surface area contributed by atoms with Crippen molar-refractivity contribution in [3.05, 3.63) is 57.2 Å². The number of hydrazine groups is 1. The minimum Gasteiger partial charge on any atom is -0.383 e. The van der Waals surface area contributed by atoms with Crippen LogP contribution in [0.3, 0.4) is 0 Å². The number of anilines is 1. The Labute approximate surface area is 121 Å². The average molecular weight is 297 g/mol. The first kappa shape index (κ1) is 14.1. The van der Waals surface area contributed by atoms with Gasteiger partial charge in [-0.1, -0.05) is 23.2 Å². The number of nitrogens with two attached hydrogens (primary N) is 2. The minimum atomic E-state index is -0.316. The van der Waals surface area contributed by atoms with Gasteiger partial charge >= 0.3 is 0 Å². The second-order valence-corrected chi connectivity index (χ2v) is 5.16. The molecular weight excluding hydrogens is 283 g/mol. The van der Waals surface area contributed by atoms with E-state index < -0.39 is 0 Å². The highest BCUT2D eigenvalue weighted by atomic mass is 35.5. The quantitative estimate of drug-likeness (QED) is 0.601. The van der Waals surface area contributed by atoms with Crippen LogP contribution in [0.15, 0.2) is 30.5 Å². The summed E-state index contributed by atoms with van der Waals surface area (Å²) >= 11 is 12.0. The standard InChI is InChI=1S/C13H14Cl2N4/c1-7-2-11(13(16)18-6-7)12(19-17)8-3-9(14)5-10(15)4-8/h2-6,12,19H,17H2,1H3,(H2,16,18). The third-order valence-corrected chi connectivity index (χ3v) is 3.22. The lowest BCUT2D eigenvalue weighted by molar-refractivity contribution is 0.636. The second kappa shape index (κ2) is 5.75. The van der Waals surface area contributed by atoms with Gasteiger partial charge in [0.05, 0.1) is 6.04 Å². The molecule has 2 rings (SSSR count). The molecule has 1 aromatic carbocycles. The Hall–Kier alpha value is -1.33. The molecule has 5 N–H and O–H groups in total. The van der Waals surface area contributed by atoms with Gasteiger partial charge in [-0.2, -0.15) is 0 Å². The van der Waals surface area contributed by atoms with Gasteiger partial charge in [0.1, 0.15) is 5.82 Å². The third kappa shape index (κ3) is 3.16. The van der Waals surface area contributed by atoms with Crippen molar-refractivity contribution in [1.29, 1.82) is 0 Å². The Morgan fingerprint density at radius 2 is 1.79 bits per heavy atom. The molecule has 1 atom stereocenters. The molecule has 0 spiro atoms. The summed E-state index contributed by atoms with van der Waals surface area (Å²) in [5.41, 5.74) is 11.2. The van der Waals surface area contributed by atoms with Gasteiger partial charge < -0.3 is 5.73 Å². The van der Waals surface area contributed by atoms with Crippen LogP contribution in [0, 0.1) is 6.92 Å². The molecule has 2 aromatic rings. The van der Waals surface area contributed by atoms with Gasteiger partial charge in [0.25, 0.3) is 0 Å². The number of halogens is 2. The van der Waals surface area contributed by atoms with Crippen LogP contribution in [0.4, 0.5) is 5.82 Å². The lowest BCUT2D eigenvalue weighted by Gasteiger charge is -2.19.